The summed E-state index contributed by atoms with van der Waals surface area (Å²) < 4.78 is 6.78. The van der Waals surface area contributed by atoms with Crippen LogP contribution >= 0.6 is 22.6 Å². The van der Waals surface area contributed by atoms with Crippen molar-refractivity contribution < 1.29 is 9.84 Å². The topological polar surface area (TPSA) is 29.5 Å². The highest BCUT2D eigenvalue weighted by Crippen LogP contribution is 2.34. The highest BCUT2D eigenvalue weighted by molar-refractivity contribution is 14.1. The molecular weight excluding hydrogens is 339 g/mol. The lowest BCUT2D eigenvalue weighted by Gasteiger charge is -2.36. The van der Waals surface area contributed by atoms with E-state index >= 15 is 0 Å². The van der Waals surface area contributed by atoms with Crippen LogP contribution in [0.4, 0.5) is 0 Å². The summed E-state index contributed by atoms with van der Waals surface area (Å²) in [5.74, 6) is 0.653. The number of hydrogen-bond acceptors (Lipinski definition) is 2. The molecule has 1 unspecified atom stereocenters. The summed E-state index contributed by atoms with van der Waals surface area (Å²) >= 11 is 2.30. The highest BCUT2D eigenvalue weighted by atomic mass is 127. The van der Waals surface area contributed by atoms with Gasteiger partial charge in [-0.05, 0) is 78.8 Å². The number of ether oxygens (including phenoxy) is 1. The van der Waals surface area contributed by atoms with E-state index in [2.05, 4.69) is 46.9 Å². The molecule has 2 rings (SSSR count). The molecule has 1 atom stereocenters. The van der Waals surface area contributed by atoms with E-state index in [1.165, 1.54) is 9.13 Å². The van der Waals surface area contributed by atoms with Gasteiger partial charge in [0, 0.05) is 10.2 Å². The molecular formula is C15H21IO2. The van der Waals surface area contributed by atoms with E-state index in [-0.39, 0.29) is 6.10 Å². The molecule has 0 bridgehead atoms. The third-order valence-electron chi connectivity index (χ3n) is 3.58. The summed E-state index contributed by atoms with van der Waals surface area (Å²) in [7, 11) is 0. The van der Waals surface area contributed by atoms with Gasteiger partial charge in [-0.15, -0.1) is 0 Å². The summed E-state index contributed by atoms with van der Waals surface area (Å²) in [6.07, 6.45) is 4.17. The Morgan fingerprint density at radius 3 is 2.61 bits per heavy atom. The minimum Gasteiger partial charge on any atom is -0.393 e. The Labute approximate surface area is 123 Å². The Kier molecular flexibility index (Phi) is 5.45. The zero-order valence-electron chi connectivity index (χ0n) is 10.8. The van der Waals surface area contributed by atoms with E-state index in [0.29, 0.717) is 12.0 Å². The van der Waals surface area contributed by atoms with E-state index in [1.54, 1.807) is 0 Å². The molecule has 100 valence electrons. The van der Waals surface area contributed by atoms with Crippen molar-refractivity contribution in [2.24, 2.45) is 5.92 Å². The van der Waals surface area contributed by atoms with Crippen LogP contribution in [-0.4, -0.2) is 23.9 Å². The average Bonchev–Trinajstić information content (AvgIpc) is 2.29. The van der Waals surface area contributed by atoms with Gasteiger partial charge >= 0.3 is 0 Å². The average molecular weight is 360 g/mol. The summed E-state index contributed by atoms with van der Waals surface area (Å²) in [6.45, 7) is 2.85. The van der Waals surface area contributed by atoms with Crippen molar-refractivity contribution in [3.63, 3.8) is 0 Å². The van der Waals surface area contributed by atoms with Crippen LogP contribution in [0.5, 0.6) is 0 Å². The van der Waals surface area contributed by atoms with E-state index in [4.69, 9.17) is 4.74 Å². The first-order chi connectivity index (χ1) is 8.67. The first-order valence-corrected chi connectivity index (χ1v) is 7.79. The second-order valence-corrected chi connectivity index (χ2v) is 6.38. The summed E-state index contributed by atoms with van der Waals surface area (Å²) in [5.41, 5.74) is 1.23. The zero-order valence-corrected chi connectivity index (χ0v) is 13.0. The molecule has 1 saturated carbocycles. The first kappa shape index (κ1) is 14.3. The van der Waals surface area contributed by atoms with Crippen molar-refractivity contribution in [2.45, 2.75) is 44.8 Å². The molecule has 1 aliphatic rings. The van der Waals surface area contributed by atoms with Crippen LogP contribution in [0.1, 0.15) is 31.7 Å². The van der Waals surface area contributed by atoms with Gasteiger partial charge < -0.3 is 9.84 Å². The Morgan fingerprint density at radius 1 is 1.33 bits per heavy atom. The lowest BCUT2D eigenvalue weighted by molar-refractivity contribution is -0.0375. The van der Waals surface area contributed by atoms with E-state index in [0.717, 1.165) is 32.3 Å². The number of benzene rings is 1. The lowest BCUT2D eigenvalue weighted by Crippen LogP contribution is -2.34. The van der Waals surface area contributed by atoms with Crippen molar-refractivity contribution in [1.29, 1.82) is 0 Å². The zero-order chi connectivity index (χ0) is 13.0. The maximum Gasteiger partial charge on any atom is 0.0583 e. The second-order valence-electron chi connectivity index (χ2n) is 5.13. The number of aliphatic hydroxyl groups is 1. The third kappa shape index (κ3) is 4.21. The van der Waals surface area contributed by atoms with Crippen molar-refractivity contribution >= 4 is 22.6 Å². The molecule has 1 aliphatic carbocycles. The van der Waals surface area contributed by atoms with Crippen LogP contribution in [-0.2, 0) is 11.2 Å². The van der Waals surface area contributed by atoms with Gasteiger partial charge in [0.15, 0.2) is 0 Å². The minimum absolute atomic E-state index is 0.211. The van der Waals surface area contributed by atoms with E-state index in [1.807, 2.05) is 6.92 Å². The minimum atomic E-state index is -0.211. The van der Waals surface area contributed by atoms with E-state index < -0.39 is 0 Å². The predicted octanol–water partition coefficient (Wildman–Crippen LogP) is 3.40. The number of aliphatic hydroxyl groups excluding tert-OH is 1. The van der Waals surface area contributed by atoms with Gasteiger partial charge in [-0.2, -0.15) is 0 Å². The largest absolute Gasteiger partial charge is 0.393 e. The molecule has 1 aromatic rings. The normalized spacial score (nSPS) is 24.6. The maximum absolute atomic E-state index is 10.1. The smallest absolute Gasteiger partial charge is 0.0583 e. The van der Waals surface area contributed by atoms with Crippen molar-refractivity contribution in [3.05, 3.63) is 33.4 Å². The number of halogens is 1. The van der Waals surface area contributed by atoms with Gasteiger partial charge in [-0.3, -0.25) is 0 Å². The van der Waals surface area contributed by atoms with Crippen molar-refractivity contribution in [1.82, 2.24) is 0 Å². The van der Waals surface area contributed by atoms with Gasteiger partial charge in [-0.25, -0.2) is 0 Å². The molecule has 0 aromatic heterocycles. The Hall–Kier alpha value is -0.130. The fourth-order valence-electron chi connectivity index (χ4n) is 2.60. The third-order valence-corrected chi connectivity index (χ3v) is 4.30. The fourth-order valence-corrected chi connectivity index (χ4v) is 2.96. The molecule has 0 aliphatic heterocycles. The summed E-state index contributed by atoms with van der Waals surface area (Å²) in [5, 5.41) is 10.1. The summed E-state index contributed by atoms with van der Waals surface area (Å²) in [6, 6.07) is 8.40. The summed E-state index contributed by atoms with van der Waals surface area (Å²) in [4.78, 5) is 0. The molecule has 3 heteroatoms. The standard InChI is InChI=1S/C15H21IO2/c1-2-18-15-9-12(10-15)8-14(17)7-11-3-5-13(16)6-4-11/h3-6,12,14-15,17H,2,7-10H2,1H3. The molecule has 0 radical (unpaired) electrons. The monoisotopic (exact) mass is 360 g/mol. The second kappa shape index (κ2) is 6.87. The van der Waals surface area contributed by atoms with Crippen LogP contribution in [0, 0.1) is 9.49 Å². The van der Waals surface area contributed by atoms with Crippen LogP contribution in [0.3, 0.4) is 0 Å². The predicted molar refractivity (Wildman–Crippen MR) is 81.6 cm³/mol. The van der Waals surface area contributed by atoms with Crippen LogP contribution in [0.15, 0.2) is 24.3 Å². The van der Waals surface area contributed by atoms with Gasteiger partial charge in [0.1, 0.15) is 0 Å². The molecule has 1 aromatic carbocycles. The number of hydrogen-bond donors (Lipinski definition) is 1. The van der Waals surface area contributed by atoms with Crippen LogP contribution in [0.25, 0.3) is 0 Å². The molecule has 0 amide bonds. The Morgan fingerprint density at radius 2 is 2.00 bits per heavy atom. The number of rotatable bonds is 6. The van der Waals surface area contributed by atoms with Gasteiger partial charge in [0.05, 0.1) is 12.2 Å². The Balaban J connectivity index is 1.70. The molecule has 1 N–H and O–H groups in total. The first-order valence-electron chi connectivity index (χ1n) is 6.71. The molecule has 2 nitrogen and oxygen atoms in total. The SMILES string of the molecule is CCOC1CC(CC(O)Cc2ccc(I)cc2)C1. The fraction of sp³-hybridized carbons (Fsp3) is 0.600. The molecule has 1 fully saturated rings. The van der Waals surface area contributed by atoms with Gasteiger partial charge in [0.2, 0.25) is 0 Å². The van der Waals surface area contributed by atoms with Gasteiger partial charge in [-0.1, -0.05) is 12.1 Å². The quantitative estimate of drug-likeness (QED) is 0.788. The maximum atomic E-state index is 10.1. The van der Waals surface area contributed by atoms with Crippen molar-refractivity contribution in [3.8, 4) is 0 Å². The molecule has 0 saturated heterocycles. The molecule has 18 heavy (non-hydrogen) atoms. The van der Waals surface area contributed by atoms with Gasteiger partial charge in [0.25, 0.3) is 0 Å². The lowest BCUT2D eigenvalue weighted by atomic mass is 9.78. The molecule has 0 heterocycles. The van der Waals surface area contributed by atoms with Crippen LogP contribution in [0.2, 0.25) is 0 Å². The molecule has 0 spiro atoms. The van der Waals surface area contributed by atoms with E-state index in [9.17, 15) is 5.11 Å². The van der Waals surface area contributed by atoms with Crippen LogP contribution < -0.4 is 0 Å². The Bertz CT molecular complexity index is 357. The van der Waals surface area contributed by atoms with Crippen molar-refractivity contribution in [2.75, 3.05) is 6.61 Å². The highest BCUT2D eigenvalue weighted by Gasteiger charge is 2.30.